The Balaban J connectivity index is 1.45. The van der Waals surface area contributed by atoms with Crippen LogP contribution in [-0.2, 0) is 22.7 Å². The number of sulfonamides is 1. The van der Waals surface area contributed by atoms with Crippen LogP contribution in [0.5, 0.6) is 0 Å². The summed E-state index contributed by atoms with van der Waals surface area (Å²) in [6.45, 7) is 3.53. The summed E-state index contributed by atoms with van der Waals surface area (Å²) < 4.78 is 65.0. The summed E-state index contributed by atoms with van der Waals surface area (Å²) >= 11 is 0. The summed E-state index contributed by atoms with van der Waals surface area (Å²) in [5, 5.41) is 2.58. The van der Waals surface area contributed by atoms with Gasteiger partial charge in [0.05, 0.1) is 27.6 Å². The van der Waals surface area contributed by atoms with Crippen LogP contribution >= 0.6 is 0 Å². The Morgan fingerprint density at radius 1 is 0.833 bits per heavy atom. The third kappa shape index (κ3) is 5.06. The lowest BCUT2D eigenvalue weighted by Crippen LogP contribution is -2.29. The molecule has 0 bridgehead atoms. The van der Waals surface area contributed by atoms with Crippen molar-refractivity contribution < 1.29 is 31.2 Å². The molecule has 0 saturated carbocycles. The van der Waals surface area contributed by atoms with Crippen molar-refractivity contribution in [3.63, 3.8) is 0 Å². The molecule has 7 nitrogen and oxygen atoms in total. The molecular formula is C25H22F3N3O4S. The molecule has 1 heterocycles. The summed E-state index contributed by atoms with van der Waals surface area (Å²) in [6.07, 6.45) is -4.52. The zero-order valence-electron chi connectivity index (χ0n) is 19.3. The average Bonchev–Trinajstić information content (AvgIpc) is 3.07. The second-order valence-electron chi connectivity index (χ2n) is 8.50. The summed E-state index contributed by atoms with van der Waals surface area (Å²) in [7, 11) is -3.45. The molecule has 0 atom stereocenters. The molecule has 0 saturated heterocycles. The van der Waals surface area contributed by atoms with E-state index in [1.54, 1.807) is 44.2 Å². The molecule has 11 heteroatoms. The summed E-state index contributed by atoms with van der Waals surface area (Å²) in [4.78, 5) is 26.5. The van der Waals surface area contributed by atoms with Gasteiger partial charge in [0.15, 0.2) is 0 Å². The quantitative estimate of drug-likeness (QED) is 0.417. The number of halogens is 3. The van der Waals surface area contributed by atoms with Crippen LogP contribution in [0.1, 0.15) is 45.7 Å². The molecule has 1 aliphatic heterocycles. The Bertz CT molecular complexity index is 1420. The summed E-state index contributed by atoms with van der Waals surface area (Å²) in [6, 6.07) is 15.3. The molecule has 0 aliphatic carbocycles. The maximum atomic E-state index is 12.9. The number of amides is 2. The standard InChI is InChI=1S/C25H22F3N3O4S/c1-15(2)36(34,35)30-18-7-3-16(4-8-18)14-29-19-9-12-21-22(13-19)24(33)31(23(21)32)20-10-5-17(6-11-20)25(26,27)28/h3-13,15,29-30H,14H2,1-2H3. The van der Waals surface area contributed by atoms with E-state index >= 15 is 0 Å². The SMILES string of the molecule is CC(C)S(=O)(=O)Nc1ccc(CNc2ccc3c(c2)C(=O)N(c2ccc(C(F)(F)F)cc2)C3=O)cc1. The lowest BCUT2D eigenvalue weighted by atomic mass is 10.1. The number of benzene rings is 3. The fourth-order valence-corrected chi connectivity index (χ4v) is 4.26. The maximum absolute atomic E-state index is 12.9. The second-order valence-corrected chi connectivity index (χ2v) is 10.7. The van der Waals surface area contributed by atoms with E-state index in [1.807, 2.05) is 0 Å². The molecule has 188 valence electrons. The molecule has 3 aromatic rings. The third-order valence-electron chi connectivity index (χ3n) is 5.67. The van der Waals surface area contributed by atoms with Crippen molar-refractivity contribution in [3.05, 3.63) is 89.0 Å². The predicted molar refractivity (Wildman–Crippen MR) is 130 cm³/mol. The Hall–Kier alpha value is -3.86. The number of alkyl halides is 3. The van der Waals surface area contributed by atoms with Gasteiger partial charge in [-0.1, -0.05) is 12.1 Å². The first-order chi connectivity index (χ1) is 16.9. The molecule has 2 amide bonds. The van der Waals surface area contributed by atoms with E-state index in [9.17, 15) is 31.2 Å². The number of hydrogen-bond donors (Lipinski definition) is 2. The van der Waals surface area contributed by atoms with E-state index < -0.39 is 38.8 Å². The Morgan fingerprint density at radius 2 is 1.42 bits per heavy atom. The van der Waals surface area contributed by atoms with Gasteiger partial charge in [-0.15, -0.1) is 0 Å². The molecule has 0 unspecified atom stereocenters. The summed E-state index contributed by atoms with van der Waals surface area (Å²) in [5.41, 5.74) is 1.33. The molecule has 0 radical (unpaired) electrons. The Kier molecular flexibility index (Phi) is 6.52. The highest BCUT2D eigenvalue weighted by atomic mass is 32.2. The van der Waals surface area contributed by atoms with Crippen molar-refractivity contribution in [3.8, 4) is 0 Å². The fourth-order valence-electron chi connectivity index (χ4n) is 3.56. The van der Waals surface area contributed by atoms with E-state index in [2.05, 4.69) is 10.0 Å². The Morgan fingerprint density at radius 3 is 2.00 bits per heavy atom. The van der Waals surface area contributed by atoms with E-state index in [4.69, 9.17) is 0 Å². The molecule has 2 N–H and O–H groups in total. The van der Waals surface area contributed by atoms with Crippen LogP contribution in [0.4, 0.5) is 30.2 Å². The lowest BCUT2D eigenvalue weighted by molar-refractivity contribution is -0.137. The van der Waals surface area contributed by atoms with Crippen LogP contribution in [0.25, 0.3) is 0 Å². The molecule has 36 heavy (non-hydrogen) atoms. The van der Waals surface area contributed by atoms with E-state index in [1.165, 1.54) is 12.1 Å². The van der Waals surface area contributed by atoms with Gasteiger partial charge in [0, 0.05) is 17.9 Å². The van der Waals surface area contributed by atoms with Crippen LogP contribution < -0.4 is 14.9 Å². The van der Waals surface area contributed by atoms with Crippen LogP contribution in [0.3, 0.4) is 0 Å². The predicted octanol–water partition coefficient (Wildman–Crippen LogP) is 5.27. The first-order valence-corrected chi connectivity index (χ1v) is 12.5. The van der Waals surface area contributed by atoms with Crippen LogP contribution in [0.2, 0.25) is 0 Å². The molecule has 3 aromatic carbocycles. The number of rotatable bonds is 7. The number of imide groups is 1. The normalized spacial score (nSPS) is 13.8. The van der Waals surface area contributed by atoms with Crippen molar-refractivity contribution in [2.24, 2.45) is 0 Å². The van der Waals surface area contributed by atoms with Gasteiger partial charge in [-0.05, 0) is 74.0 Å². The van der Waals surface area contributed by atoms with Gasteiger partial charge in [0.25, 0.3) is 11.8 Å². The molecular weight excluding hydrogens is 495 g/mol. The highest BCUT2D eigenvalue weighted by molar-refractivity contribution is 7.93. The zero-order chi connectivity index (χ0) is 26.3. The molecule has 0 fully saturated rings. The van der Waals surface area contributed by atoms with Crippen LogP contribution in [0.15, 0.2) is 66.7 Å². The van der Waals surface area contributed by atoms with Crippen LogP contribution in [0, 0.1) is 0 Å². The first-order valence-electron chi connectivity index (χ1n) is 10.9. The maximum Gasteiger partial charge on any atom is 0.416 e. The highest BCUT2D eigenvalue weighted by Crippen LogP contribution is 2.34. The molecule has 0 aromatic heterocycles. The van der Waals surface area contributed by atoms with Gasteiger partial charge in [0.2, 0.25) is 10.0 Å². The molecule has 0 spiro atoms. The van der Waals surface area contributed by atoms with Crippen molar-refractivity contribution in [2.75, 3.05) is 14.9 Å². The average molecular weight is 518 g/mol. The third-order valence-corrected chi connectivity index (χ3v) is 7.43. The minimum atomic E-state index is -4.52. The van der Waals surface area contributed by atoms with Gasteiger partial charge in [-0.2, -0.15) is 13.2 Å². The number of nitrogens with one attached hydrogen (secondary N) is 2. The number of hydrogen-bond acceptors (Lipinski definition) is 5. The minimum absolute atomic E-state index is 0.0527. The van der Waals surface area contributed by atoms with E-state index in [0.29, 0.717) is 17.9 Å². The highest BCUT2D eigenvalue weighted by Gasteiger charge is 2.37. The largest absolute Gasteiger partial charge is 0.416 e. The van der Waals surface area contributed by atoms with Crippen molar-refractivity contribution in [1.82, 2.24) is 0 Å². The minimum Gasteiger partial charge on any atom is -0.381 e. The first kappa shape index (κ1) is 25.2. The lowest BCUT2D eigenvalue weighted by Gasteiger charge is -2.15. The van der Waals surface area contributed by atoms with Crippen LogP contribution in [-0.4, -0.2) is 25.5 Å². The van der Waals surface area contributed by atoms with Crippen molar-refractivity contribution in [2.45, 2.75) is 31.8 Å². The van der Waals surface area contributed by atoms with Crippen molar-refractivity contribution >= 4 is 38.9 Å². The number of nitrogens with zero attached hydrogens (tertiary/aromatic N) is 1. The number of anilines is 3. The second kappa shape index (κ2) is 9.30. The summed E-state index contributed by atoms with van der Waals surface area (Å²) in [5.74, 6) is -1.24. The topological polar surface area (TPSA) is 95.6 Å². The fraction of sp³-hybridized carbons (Fsp3) is 0.200. The van der Waals surface area contributed by atoms with Gasteiger partial charge in [-0.25, -0.2) is 13.3 Å². The molecule has 4 rings (SSSR count). The van der Waals surface area contributed by atoms with Crippen molar-refractivity contribution in [1.29, 1.82) is 0 Å². The van der Waals surface area contributed by atoms with Gasteiger partial charge < -0.3 is 5.32 Å². The number of fused-ring (bicyclic) bond motifs is 1. The smallest absolute Gasteiger partial charge is 0.381 e. The number of carbonyl (C=O) groups excluding carboxylic acids is 2. The van der Waals surface area contributed by atoms with Gasteiger partial charge in [-0.3, -0.25) is 14.3 Å². The Labute approximate surface area is 206 Å². The monoisotopic (exact) mass is 517 g/mol. The van der Waals surface area contributed by atoms with Gasteiger partial charge >= 0.3 is 6.18 Å². The van der Waals surface area contributed by atoms with E-state index in [-0.39, 0.29) is 16.8 Å². The zero-order valence-corrected chi connectivity index (χ0v) is 20.1. The van der Waals surface area contributed by atoms with E-state index in [0.717, 1.165) is 34.7 Å². The molecule has 1 aliphatic rings. The van der Waals surface area contributed by atoms with Gasteiger partial charge in [0.1, 0.15) is 0 Å². The number of carbonyl (C=O) groups is 2.